The van der Waals surface area contributed by atoms with Crippen LogP contribution in [0.25, 0.3) is 161 Å². The summed E-state index contributed by atoms with van der Waals surface area (Å²) in [7, 11) is 0. The third kappa shape index (κ3) is 6.94. The SMILES string of the molecule is Cc1cccc(-c2nc(-c3cccc(C)c3)nc(-n3c4cc(-n5c6ccccc6c6ccc7c8ccccc8n(-c8ccccc8)c7c65)ccc4c4ccc(-n5c6ccccc6c6ccc7c8ccccc8n(-c8ccccc8)c7c65)cc43)n2)c1. The first-order chi connectivity index (χ1) is 42.0. The van der Waals surface area contributed by atoms with Crippen molar-refractivity contribution < 1.29 is 0 Å². The Balaban J connectivity index is 0.979. The molecule has 8 nitrogen and oxygen atoms in total. The molecule has 0 saturated carbocycles. The van der Waals surface area contributed by atoms with Gasteiger partial charge in [-0.05, 0) is 98.8 Å². The van der Waals surface area contributed by atoms with Crippen molar-refractivity contribution in [3.63, 3.8) is 0 Å². The summed E-state index contributed by atoms with van der Waals surface area (Å²) in [4.78, 5) is 16.4. The number of nitrogens with zero attached hydrogens (tertiary/aromatic N) is 8. The quantitative estimate of drug-likeness (QED) is 0.160. The van der Waals surface area contributed by atoms with Crippen LogP contribution in [0.2, 0.25) is 0 Å². The molecule has 0 aliphatic rings. The Bertz CT molecular complexity index is 5460. The monoisotopic (exact) mass is 1090 g/mol. The molecule has 0 N–H and O–H groups in total. The largest absolute Gasteiger partial charge is 0.307 e. The predicted octanol–water partition coefficient (Wildman–Crippen LogP) is 19.3. The molecule has 0 aliphatic carbocycles. The average Bonchev–Trinajstić information content (AvgIpc) is 1.73. The molecule has 0 saturated heterocycles. The summed E-state index contributed by atoms with van der Waals surface area (Å²) >= 11 is 0. The van der Waals surface area contributed by atoms with Gasteiger partial charge in [0.15, 0.2) is 11.6 Å². The molecule has 0 radical (unpaired) electrons. The lowest BCUT2D eigenvalue weighted by molar-refractivity contribution is 0.952. The molecule has 0 spiro atoms. The van der Waals surface area contributed by atoms with Crippen LogP contribution in [-0.2, 0) is 0 Å². The number of fused-ring (bicyclic) bond motifs is 17. The Morgan fingerprint density at radius 3 is 0.906 bits per heavy atom. The van der Waals surface area contributed by atoms with Gasteiger partial charge in [-0.3, -0.25) is 4.57 Å². The molecule has 6 aromatic heterocycles. The molecular weight excluding hydrogens is 1040 g/mol. The molecule has 6 heterocycles. The van der Waals surface area contributed by atoms with Crippen LogP contribution in [0.4, 0.5) is 0 Å². The Hall–Kier alpha value is -11.4. The zero-order valence-corrected chi connectivity index (χ0v) is 46.5. The van der Waals surface area contributed by atoms with E-state index in [1.165, 1.54) is 43.1 Å². The van der Waals surface area contributed by atoms with Gasteiger partial charge in [0.2, 0.25) is 5.95 Å². The summed E-state index contributed by atoms with van der Waals surface area (Å²) in [5, 5.41) is 11.7. The molecule has 0 aliphatic heterocycles. The first-order valence-electron chi connectivity index (χ1n) is 29.0. The predicted molar refractivity (Wildman–Crippen MR) is 352 cm³/mol. The third-order valence-corrected chi connectivity index (χ3v) is 17.6. The van der Waals surface area contributed by atoms with Gasteiger partial charge in [0.05, 0.1) is 55.2 Å². The van der Waals surface area contributed by atoms with Crippen molar-refractivity contribution in [3.8, 4) is 51.5 Å². The smallest absolute Gasteiger partial charge is 0.238 e. The highest BCUT2D eigenvalue weighted by Crippen LogP contribution is 2.46. The van der Waals surface area contributed by atoms with Gasteiger partial charge in [0.25, 0.3) is 0 Å². The Morgan fingerprint density at radius 2 is 0.541 bits per heavy atom. The number of hydrogen-bond acceptors (Lipinski definition) is 3. The molecule has 18 rings (SSSR count). The number of aromatic nitrogens is 8. The number of benzene rings is 12. The van der Waals surface area contributed by atoms with Crippen molar-refractivity contribution in [1.82, 2.24) is 37.8 Å². The Labute approximate surface area is 487 Å². The van der Waals surface area contributed by atoms with E-state index in [9.17, 15) is 0 Å². The lowest BCUT2D eigenvalue weighted by Crippen LogP contribution is -2.07. The molecule has 0 bridgehead atoms. The van der Waals surface area contributed by atoms with Crippen LogP contribution < -0.4 is 0 Å². The highest BCUT2D eigenvalue weighted by Gasteiger charge is 2.26. The van der Waals surface area contributed by atoms with E-state index in [2.05, 4.69) is 304 Å². The highest BCUT2D eigenvalue weighted by atomic mass is 15.2. The normalized spacial score (nSPS) is 12.1. The highest BCUT2D eigenvalue weighted by molar-refractivity contribution is 6.26. The van der Waals surface area contributed by atoms with E-state index in [1.54, 1.807) is 0 Å². The van der Waals surface area contributed by atoms with E-state index in [0.717, 1.165) is 111 Å². The molecule has 18 aromatic rings. The summed E-state index contributed by atoms with van der Waals surface area (Å²) in [5.74, 6) is 1.73. The van der Waals surface area contributed by atoms with E-state index in [-0.39, 0.29) is 0 Å². The minimum atomic E-state index is 0.528. The van der Waals surface area contributed by atoms with Crippen molar-refractivity contribution in [1.29, 1.82) is 0 Å². The van der Waals surface area contributed by atoms with Crippen LogP contribution >= 0.6 is 0 Å². The molecule has 8 heteroatoms. The maximum Gasteiger partial charge on any atom is 0.238 e. The van der Waals surface area contributed by atoms with Crippen molar-refractivity contribution in [3.05, 3.63) is 278 Å². The fourth-order valence-corrected chi connectivity index (χ4v) is 14.0. The van der Waals surface area contributed by atoms with Gasteiger partial charge in [-0.25, -0.2) is 4.98 Å². The van der Waals surface area contributed by atoms with Gasteiger partial charge < -0.3 is 18.3 Å². The minimum absolute atomic E-state index is 0.528. The van der Waals surface area contributed by atoms with E-state index < -0.39 is 0 Å². The van der Waals surface area contributed by atoms with Crippen molar-refractivity contribution in [2.75, 3.05) is 0 Å². The van der Waals surface area contributed by atoms with Crippen LogP contribution in [0.15, 0.2) is 267 Å². The molecule has 0 fully saturated rings. The zero-order valence-electron chi connectivity index (χ0n) is 46.5. The van der Waals surface area contributed by atoms with Gasteiger partial charge >= 0.3 is 0 Å². The fourth-order valence-electron chi connectivity index (χ4n) is 14.0. The lowest BCUT2D eigenvalue weighted by atomic mass is 10.1. The Kier molecular flexibility index (Phi) is 10.1. The van der Waals surface area contributed by atoms with Gasteiger partial charge in [-0.1, -0.05) is 193 Å². The number of para-hydroxylation sites is 6. The number of rotatable bonds is 7. The van der Waals surface area contributed by atoms with Crippen molar-refractivity contribution >= 4 is 109 Å². The summed E-state index contributed by atoms with van der Waals surface area (Å²) in [6.07, 6.45) is 0. The molecule has 398 valence electrons. The molecule has 0 unspecified atom stereocenters. The van der Waals surface area contributed by atoms with Gasteiger partial charge in [-0.15, -0.1) is 0 Å². The second-order valence-corrected chi connectivity index (χ2v) is 22.6. The summed E-state index contributed by atoms with van der Waals surface area (Å²) in [6.45, 7) is 4.24. The van der Waals surface area contributed by atoms with Crippen LogP contribution in [0.5, 0.6) is 0 Å². The molecule has 12 aromatic carbocycles. The summed E-state index contributed by atoms with van der Waals surface area (Å²) < 4.78 is 12.2. The molecule has 85 heavy (non-hydrogen) atoms. The second-order valence-electron chi connectivity index (χ2n) is 22.6. The maximum atomic E-state index is 5.56. The lowest BCUT2D eigenvalue weighted by Gasteiger charge is -2.14. The van der Waals surface area contributed by atoms with Crippen LogP contribution in [0.3, 0.4) is 0 Å². The first kappa shape index (κ1) is 47.3. The zero-order chi connectivity index (χ0) is 56.0. The van der Waals surface area contributed by atoms with Crippen LogP contribution in [0.1, 0.15) is 11.1 Å². The number of aryl methyl sites for hydroxylation is 2. The maximum absolute atomic E-state index is 5.56. The third-order valence-electron chi connectivity index (χ3n) is 17.6. The van der Waals surface area contributed by atoms with Crippen molar-refractivity contribution in [2.24, 2.45) is 0 Å². The minimum Gasteiger partial charge on any atom is -0.307 e. The van der Waals surface area contributed by atoms with Gasteiger partial charge in [0.1, 0.15) is 0 Å². The average molecular weight is 1090 g/mol. The van der Waals surface area contributed by atoms with E-state index in [4.69, 9.17) is 15.0 Å². The first-order valence-corrected chi connectivity index (χ1v) is 29.0. The molecule has 0 atom stereocenters. The Morgan fingerprint density at radius 1 is 0.224 bits per heavy atom. The fraction of sp³-hybridized carbons (Fsp3) is 0.0260. The van der Waals surface area contributed by atoms with Gasteiger partial charge in [-0.2, -0.15) is 9.97 Å². The number of hydrogen-bond donors (Lipinski definition) is 0. The van der Waals surface area contributed by atoms with Gasteiger partial charge in [0, 0.05) is 87.7 Å². The van der Waals surface area contributed by atoms with E-state index in [0.29, 0.717) is 17.6 Å². The van der Waals surface area contributed by atoms with Crippen LogP contribution in [0, 0.1) is 13.8 Å². The standard InChI is InChI=1S/C77H50N8/c1-47-19-17-21-49(43-47)75-78-76(50-22-18-20-48(2)44-50)80-77(79-75)85-69-45-53(83-67-33-15-11-29-57(67)63-41-39-61-55-27-9-13-31-65(55)81(71(61)73(63)83)51-23-5-3-6-24-51)35-37-59(69)60-38-36-54(46-70(60)85)84-68-34-16-12-30-58(68)64-42-40-62-56-28-10-14-32-66(56)82(72(62)74(64)84)52-25-7-4-8-26-52/h3-46H,1-2H3. The summed E-state index contributed by atoms with van der Waals surface area (Å²) in [5.41, 5.74) is 19.4. The van der Waals surface area contributed by atoms with E-state index in [1.807, 2.05) is 0 Å². The molecule has 0 amide bonds. The van der Waals surface area contributed by atoms with Crippen LogP contribution in [-0.4, -0.2) is 37.8 Å². The van der Waals surface area contributed by atoms with E-state index >= 15 is 0 Å². The molecular formula is C77H50N8. The summed E-state index contributed by atoms with van der Waals surface area (Å²) in [6, 6.07) is 97.0. The second kappa shape index (κ2) is 18.1. The topological polar surface area (TPSA) is 63.3 Å². The van der Waals surface area contributed by atoms with Crippen molar-refractivity contribution in [2.45, 2.75) is 13.8 Å².